The maximum absolute atomic E-state index is 12.4. The van der Waals surface area contributed by atoms with E-state index < -0.39 is 18.6 Å². The van der Waals surface area contributed by atoms with Crippen LogP contribution in [0.4, 0.5) is 23.8 Å². The van der Waals surface area contributed by atoms with Crippen LogP contribution in [0, 0.1) is 0 Å². The molecule has 3 N–H and O–H groups in total. The molecule has 10 nitrogen and oxygen atoms in total. The zero-order chi connectivity index (χ0) is 22.9. The van der Waals surface area contributed by atoms with Crippen LogP contribution < -0.4 is 10.6 Å². The number of alkyl halides is 3. The van der Waals surface area contributed by atoms with Gasteiger partial charge in [0, 0.05) is 29.9 Å². The summed E-state index contributed by atoms with van der Waals surface area (Å²) in [6, 6.07) is 1.73. The average Bonchev–Trinajstić information content (AvgIpc) is 3.10. The predicted octanol–water partition coefficient (Wildman–Crippen LogP) is 2.66. The molecule has 2 amide bonds. The molecule has 2 atom stereocenters. The number of carbonyl (C=O) groups excluding carboxylic acids is 2. The Balaban J connectivity index is 1.24. The second kappa shape index (κ2) is 8.43. The number of rotatable bonds is 7. The number of hydrogen-bond donors (Lipinski definition) is 3. The van der Waals surface area contributed by atoms with E-state index in [2.05, 4.69) is 31.1 Å². The fourth-order valence-electron chi connectivity index (χ4n) is 3.73. The summed E-state index contributed by atoms with van der Waals surface area (Å²) in [6.45, 7) is 0.647. The van der Waals surface area contributed by atoms with Gasteiger partial charge in [0.2, 0.25) is 5.91 Å². The van der Waals surface area contributed by atoms with Crippen LogP contribution in [0.3, 0.4) is 0 Å². The minimum atomic E-state index is -4.41. The molecule has 2 saturated carbocycles. The van der Waals surface area contributed by atoms with E-state index in [0.717, 1.165) is 44.0 Å². The smallest absolute Gasteiger partial charge is 0.408 e. The molecular weight excluding hydrogens is 431 g/mol. The molecule has 0 saturated heterocycles. The largest absolute Gasteiger partial charge is 0.443 e. The summed E-state index contributed by atoms with van der Waals surface area (Å²) in [5.74, 6) is -0.00761. The monoisotopic (exact) mass is 455 g/mol. The minimum absolute atomic E-state index is 0.00972. The van der Waals surface area contributed by atoms with Gasteiger partial charge in [-0.25, -0.2) is 9.48 Å². The molecule has 2 aliphatic rings. The second-order valence-electron chi connectivity index (χ2n) is 8.65. The molecule has 32 heavy (non-hydrogen) atoms. The van der Waals surface area contributed by atoms with Crippen LogP contribution in [-0.4, -0.2) is 55.0 Å². The van der Waals surface area contributed by atoms with Gasteiger partial charge in [0.1, 0.15) is 12.1 Å². The van der Waals surface area contributed by atoms with Gasteiger partial charge >= 0.3 is 12.3 Å². The SMILES string of the molecule is CC1(OC(=O)NC2CCC(c3cc(NC(=O)Cc4cn(CC(F)(F)F)nn4)n[nH]3)C2)CC1. The lowest BCUT2D eigenvalue weighted by molar-refractivity contribution is -0.142. The first kappa shape index (κ1) is 22.1. The summed E-state index contributed by atoms with van der Waals surface area (Å²) in [5.41, 5.74) is 0.646. The highest BCUT2D eigenvalue weighted by Crippen LogP contribution is 2.39. The van der Waals surface area contributed by atoms with Crippen LogP contribution >= 0.6 is 0 Å². The number of ether oxygens (including phenoxy) is 1. The number of alkyl carbamates (subject to hydrolysis) is 1. The zero-order valence-corrected chi connectivity index (χ0v) is 17.4. The van der Waals surface area contributed by atoms with Crippen molar-refractivity contribution < 1.29 is 27.5 Å². The summed E-state index contributed by atoms with van der Waals surface area (Å²) in [4.78, 5) is 24.1. The summed E-state index contributed by atoms with van der Waals surface area (Å²) < 4.78 is 43.2. The lowest BCUT2D eigenvalue weighted by Crippen LogP contribution is -2.35. The first-order valence-electron chi connectivity index (χ1n) is 10.4. The van der Waals surface area contributed by atoms with Crippen molar-refractivity contribution in [1.82, 2.24) is 30.5 Å². The molecule has 4 rings (SSSR count). The van der Waals surface area contributed by atoms with Crippen molar-refractivity contribution in [3.05, 3.63) is 23.7 Å². The Hall–Kier alpha value is -3.12. The third kappa shape index (κ3) is 5.98. The van der Waals surface area contributed by atoms with Crippen molar-refractivity contribution in [3.63, 3.8) is 0 Å². The lowest BCUT2D eigenvalue weighted by Gasteiger charge is -2.16. The topological polar surface area (TPSA) is 127 Å². The normalized spacial score (nSPS) is 21.9. The number of nitrogens with one attached hydrogen (secondary N) is 3. The Bertz CT molecular complexity index is 983. The van der Waals surface area contributed by atoms with Crippen molar-refractivity contribution >= 4 is 17.8 Å². The van der Waals surface area contributed by atoms with Gasteiger partial charge in [0.05, 0.1) is 12.1 Å². The predicted molar refractivity (Wildman–Crippen MR) is 105 cm³/mol. The summed E-state index contributed by atoms with van der Waals surface area (Å²) >= 11 is 0. The maximum atomic E-state index is 12.4. The van der Waals surface area contributed by atoms with Gasteiger partial charge in [0.25, 0.3) is 0 Å². The van der Waals surface area contributed by atoms with E-state index in [1.54, 1.807) is 6.07 Å². The van der Waals surface area contributed by atoms with Crippen molar-refractivity contribution in [1.29, 1.82) is 0 Å². The summed E-state index contributed by atoms with van der Waals surface area (Å²) in [6.07, 6.45) is 0.225. The lowest BCUT2D eigenvalue weighted by atomic mass is 10.0. The van der Waals surface area contributed by atoms with Crippen molar-refractivity contribution in [2.45, 2.75) is 75.7 Å². The number of aromatic nitrogens is 5. The van der Waals surface area contributed by atoms with E-state index in [9.17, 15) is 22.8 Å². The minimum Gasteiger partial charge on any atom is -0.443 e. The Morgan fingerprint density at radius 3 is 2.84 bits per heavy atom. The van der Waals surface area contributed by atoms with Crippen molar-refractivity contribution in [2.75, 3.05) is 5.32 Å². The molecule has 0 aliphatic heterocycles. The van der Waals surface area contributed by atoms with E-state index >= 15 is 0 Å². The number of aromatic amines is 1. The van der Waals surface area contributed by atoms with E-state index in [4.69, 9.17) is 4.74 Å². The molecule has 174 valence electrons. The highest BCUT2D eigenvalue weighted by atomic mass is 19.4. The summed E-state index contributed by atoms with van der Waals surface area (Å²) in [7, 11) is 0. The molecule has 13 heteroatoms. The Morgan fingerprint density at radius 2 is 2.12 bits per heavy atom. The molecule has 2 heterocycles. The van der Waals surface area contributed by atoms with Gasteiger partial charge in [-0.1, -0.05) is 5.21 Å². The van der Waals surface area contributed by atoms with Crippen molar-refractivity contribution in [3.8, 4) is 0 Å². The van der Waals surface area contributed by atoms with Gasteiger partial charge in [-0.2, -0.15) is 18.3 Å². The van der Waals surface area contributed by atoms with Crippen LogP contribution in [0.15, 0.2) is 12.3 Å². The number of carbonyl (C=O) groups is 2. The van der Waals surface area contributed by atoms with Crippen LogP contribution in [0.25, 0.3) is 0 Å². The van der Waals surface area contributed by atoms with Gasteiger partial charge < -0.3 is 15.4 Å². The zero-order valence-electron chi connectivity index (χ0n) is 17.4. The second-order valence-corrected chi connectivity index (χ2v) is 8.65. The average molecular weight is 455 g/mol. The van der Waals surface area contributed by atoms with Gasteiger partial charge in [0.15, 0.2) is 5.82 Å². The Morgan fingerprint density at radius 1 is 1.34 bits per heavy atom. The highest BCUT2D eigenvalue weighted by molar-refractivity contribution is 5.91. The van der Waals surface area contributed by atoms with E-state index in [0.29, 0.717) is 10.5 Å². The quantitative estimate of drug-likeness (QED) is 0.589. The molecule has 2 unspecified atom stereocenters. The molecular formula is C19H24F3N7O3. The van der Waals surface area contributed by atoms with Gasteiger partial charge in [-0.05, 0) is 39.0 Å². The van der Waals surface area contributed by atoms with Crippen molar-refractivity contribution in [2.24, 2.45) is 0 Å². The maximum Gasteiger partial charge on any atom is 0.408 e. The Labute approximate surface area is 181 Å². The molecule has 0 aromatic carbocycles. The Kier molecular flexibility index (Phi) is 5.82. The number of amides is 2. The third-order valence-electron chi connectivity index (χ3n) is 5.62. The number of anilines is 1. The third-order valence-corrected chi connectivity index (χ3v) is 5.62. The van der Waals surface area contributed by atoms with Crippen LogP contribution in [0.5, 0.6) is 0 Å². The summed E-state index contributed by atoms with van der Waals surface area (Å²) in [5, 5.41) is 19.4. The molecule has 2 aromatic heterocycles. The highest BCUT2D eigenvalue weighted by Gasteiger charge is 2.42. The molecule has 2 aromatic rings. The van der Waals surface area contributed by atoms with Crippen LogP contribution in [0.1, 0.15) is 56.3 Å². The molecule has 2 aliphatic carbocycles. The fourth-order valence-corrected chi connectivity index (χ4v) is 3.73. The number of nitrogens with zero attached hydrogens (tertiary/aromatic N) is 4. The molecule has 0 radical (unpaired) electrons. The van der Waals surface area contributed by atoms with Gasteiger partial charge in [-0.3, -0.25) is 9.89 Å². The van der Waals surface area contributed by atoms with Gasteiger partial charge in [-0.15, -0.1) is 5.10 Å². The van der Waals surface area contributed by atoms with E-state index in [1.807, 2.05) is 6.92 Å². The van der Waals surface area contributed by atoms with E-state index in [-0.39, 0.29) is 35.8 Å². The standard InChI is InChI=1S/C19H24F3N7O3/c1-18(4-5-18)32-17(31)23-12-3-2-11(6-12)14-8-15(27-26-14)24-16(30)7-13-9-29(28-25-13)10-19(20,21)22/h8-9,11-12H,2-7,10H2,1H3,(H,23,31)(H2,24,26,27,30). The first-order valence-corrected chi connectivity index (χ1v) is 10.4. The number of hydrogen-bond acceptors (Lipinski definition) is 6. The van der Waals surface area contributed by atoms with Crippen LogP contribution in [-0.2, 0) is 22.5 Å². The van der Waals surface area contributed by atoms with E-state index in [1.165, 1.54) is 0 Å². The number of H-pyrrole nitrogens is 1. The molecule has 0 bridgehead atoms. The van der Waals surface area contributed by atoms with Crippen LogP contribution in [0.2, 0.25) is 0 Å². The number of halogens is 3. The molecule has 0 spiro atoms. The molecule has 2 fully saturated rings. The first-order chi connectivity index (χ1) is 15.1. The fraction of sp³-hybridized carbons (Fsp3) is 0.632.